The third-order valence-corrected chi connectivity index (χ3v) is 5.70. The zero-order valence-corrected chi connectivity index (χ0v) is 13.6. The molecule has 0 heterocycles. The number of anilines is 1. The molecular weight excluding hydrogens is 353 g/mol. The zero-order chi connectivity index (χ0) is 16.5. The fourth-order valence-corrected chi connectivity index (χ4v) is 3.93. The van der Waals surface area contributed by atoms with Gasteiger partial charge in [-0.2, -0.15) is 0 Å². The molecule has 0 radical (unpaired) electrons. The SMILES string of the molecule is Cc1ccc(S(=O)(=O)Cl)cc1S(=O)(=O)Nc1ccc(F)cc1. The molecule has 0 amide bonds. The Kier molecular flexibility index (Phi) is 4.46. The van der Waals surface area contributed by atoms with Gasteiger partial charge < -0.3 is 0 Å². The normalized spacial score (nSPS) is 12.1. The Morgan fingerprint density at radius 2 is 1.59 bits per heavy atom. The molecule has 0 saturated carbocycles. The van der Waals surface area contributed by atoms with Gasteiger partial charge in [0.1, 0.15) is 5.82 Å². The van der Waals surface area contributed by atoms with Crippen LogP contribution in [0.3, 0.4) is 0 Å². The van der Waals surface area contributed by atoms with Gasteiger partial charge in [-0.05, 0) is 48.9 Å². The van der Waals surface area contributed by atoms with Crippen molar-refractivity contribution in [2.24, 2.45) is 0 Å². The second kappa shape index (κ2) is 5.86. The van der Waals surface area contributed by atoms with Crippen LogP contribution in [-0.4, -0.2) is 16.8 Å². The quantitative estimate of drug-likeness (QED) is 0.847. The van der Waals surface area contributed by atoms with E-state index in [9.17, 15) is 21.2 Å². The Hall–Kier alpha value is -1.64. The molecule has 0 aliphatic rings. The molecule has 2 aromatic carbocycles. The maximum absolute atomic E-state index is 12.8. The maximum atomic E-state index is 12.8. The monoisotopic (exact) mass is 363 g/mol. The van der Waals surface area contributed by atoms with Gasteiger partial charge in [-0.25, -0.2) is 21.2 Å². The molecular formula is C13H11ClFNO4S2. The molecule has 2 aromatic rings. The highest BCUT2D eigenvalue weighted by Crippen LogP contribution is 2.24. The van der Waals surface area contributed by atoms with Crippen molar-refractivity contribution in [3.05, 3.63) is 53.8 Å². The van der Waals surface area contributed by atoms with Crippen LogP contribution in [0.15, 0.2) is 52.3 Å². The molecule has 0 saturated heterocycles. The van der Waals surface area contributed by atoms with Crippen molar-refractivity contribution in [3.63, 3.8) is 0 Å². The van der Waals surface area contributed by atoms with Gasteiger partial charge in [0.25, 0.3) is 19.1 Å². The lowest BCUT2D eigenvalue weighted by Crippen LogP contribution is -2.14. The van der Waals surface area contributed by atoms with E-state index in [0.717, 1.165) is 18.2 Å². The van der Waals surface area contributed by atoms with Crippen molar-refractivity contribution in [1.29, 1.82) is 0 Å². The van der Waals surface area contributed by atoms with Crippen LogP contribution in [0.25, 0.3) is 0 Å². The van der Waals surface area contributed by atoms with Gasteiger partial charge in [0, 0.05) is 16.4 Å². The molecule has 0 aliphatic heterocycles. The van der Waals surface area contributed by atoms with Crippen molar-refractivity contribution in [2.45, 2.75) is 16.7 Å². The highest BCUT2D eigenvalue weighted by atomic mass is 35.7. The van der Waals surface area contributed by atoms with Crippen LogP contribution in [0.5, 0.6) is 0 Å². The van der Waals surface area contributed by atoms with Crippen LogP contribution >= 0.6 is 10.7 Å². The van der Waals surface area contributed by atoms with E-state index in [2.05, 4.69) is 4.72 Å². The van der Waals surface area contributed by atoms with Gasteiger partial charge in [0.2, 0.25) is 0 Å². The van der Waals surface area contributed by atoms with Crippen molar-refractivity contribution < 1.29 is 21.2 Å². The van der Waals surface area contributed by atoms with E-state index >= 15 is 0 Å². The van der Waals surface area contributed by atoms with Crippen molar-refractivity contribution >= 4 is 35.4 Å². The van der Waals surface area contributed by atoms with Crippen LogP contribution < -0.4 is 4.72 Å². The van der Waals surface area contributed by atoms with Crippen molar-refractivity contribution in [3.8, 4) is 0 Å². The van der Waals surface area contributed by atoms with E-state index in [-0.39, 0.29) is 15.5 Å². The third kappa shape index (κ3) is 3.76. The summed E-state index contributed by atoms with van der Waals surface area (Å²) in [6.45, 7) is 1.52. The minimum Gasteiger partial charge on any atom is -0.280 e. The Morgan fingerprint density at radius 3 is 2.14 bits per heavy atom. The molecule has 22 heavy (non-hydrogen) atoms. The first-order chi connectivity index (χ1) is 10.1. The second-order valence-corrected chi connectivity index (χ2v) is 8.69. The summed E-state index contributed by atoms with van der Waals surface area (Å²) in [4.78, 5) is -0.544. The smallest absolute Gasteiger partial charge is 0.262 e. The van der Waals surface area contributed by atoms with Crippen LogP contribution in [0, 0.1) is 12.7 Å². The predicted octanol–water partition coefficient (Wildman–Crippen LogP) is 2.86. The van der Waals surface area contributed by atoms with Gasteiger partial charge in [-0.1, -0.05) is 6.07 Å². The molecule has 0 bridgehead atoms. The molecule has 118 valence electrons. The molecule has 9 heteroatoms. The molecule has 0 unspecified atom stereocenters. The van der Waals surface area contributed by atoms with Gasteiger partial charge >= 0.3 is 0 Å². The van der Waals surface area contributed by atoms with E-state index in [0.29, 0.717) is 5.56 Å². The summed E-state index contributed by atoms with van der Waals surface area (Å²) < 4.78 is 62.4. The summed E-state index contributed by atoms with van der Waals surface area (Å²) in [5, 5.41) is 0. The van der Waals surface area contributed by atoms with Gasteiger partial charge in [-0.3, -0.25) is 4.72 Å². The van der Waals surface area contributed by atoms with E-state index in [4.69, 9.17) is 10.7 Å². The number of benzene rings is 2. The number of hydrogen-bond donors (Lipinski definition) is 1. The van der Waals surface area contributed by atoms with Gasteiger partial charge in [0.15, 0.2) is 0 Å². The summed E-state index contributed by atoms with van der Waals surface area (Å²) in [6.07, 6.45) is 0. The van der Waals surface area contributed by atoms with E-state index in [1.165, 1.54) is 31.2 Å². The third-order valence-electron chi connectivity index (χ3n) is 2.83. The molecule has 0 aromatic heterocycles. The standard InChI is InChI=1S/C13H11ClFNO4S2/c1-9-2-7-12(21(14,17)18)8-13(9)22(19,20)16-11-5-3-10(15)4-6-11/h2-8,16H,1H3. The molecule has 0 aliphatic carbocycles. The van der Waals surface area contributed by atoms with E-state index < -0.39 is 24.9 Å². The first-order valence-electron chi connectivity index (χ1n) is 5.93. The summed E-state index contributed by atoms with van der Waals surface area (Å²) in [6, 6.07) is 8.25. The van der Waals surface area contributed by atoms with Gasteiger partial charge in [-0.15, -0.1) is 0 Å². The minimum atomic E-state index is -4.05. The second-order valence-electron chi connectivity index (χ2n) is 4.48. The minimum absolute atomic E-state index is 0.153. The van der Waals surface area contributed by atoms with Crippen LogP contribution in [0.2, 0.25) is 0 Å². The molecule has 0 spiro atoms. The first kappa shape index (κ1) is 16.7. The number of rotatable bonds is 4. The van der Waals surface area contributed by atoms with E-state index in [1.807, 2.05) is 0 Å². The summed E-state index contributed by atoms with van der Waals surface area (Å²) >= 11 is 0. The molecule has 1 N–H and O–H groups in total. The summed E-state index contributed by atoms with van der Waals surface area (Å²) in [5.41, 5.74) is 0.499. The van der Waals surface area contributed by atoms with Crippen molar-refractivity contribution in [1.82, 2.24) is 0 Å². The van der Waals surface area contributed by atoms with Crippen LogP contribution in [0.4, 0.5) is 10.1 Å². The predicted molar refractivity (Wildman–Crippen MR) is 81.4 cm³/mol. The number of sulfonamides is 1. The summed E-state index contributed by atoms with van der Waals surface area (Å²) in [7, 11) is -2.86. The number of nitrogens with one attached hydrogen (secondary N) is 1. The number of hydrogen-bond acceptors (Lipinski definition) is 4. The Morgan fingerprint density at radius 1 is 1.00 bits per heavy atom. The van der Waals surface area contributed by atoms with Gasteiger partial charge in [0.05, 0.1) is 9.79 Å². The average Bonchev–Trinajstić information content (AvgIpc) is 2.40. The number of halogens is 2. The fraction of sp³-hybridized carbons (Fsp3) is 0.0769. The zero-order valence-electron chi connectivity index (χ0n) is 11.2. The van der Waals surface area contributed by atoms with Crippen LogP contribution in [0.1, 0.15) is 5.56 Å². The van der Waals surface area contributed by atoms with E-state index in [1.54, 1.807) is 0 Å². The highest BCUT2D eigenvalue weighted by Gasteiger charge is 2.20. The lowest BCUT2D eigenvalue weighted by atomic mass is 10.2. The molecule has 0 fully saturated rings. The Balaban J connectivity index is 2.47. The average molecular weight is 364 g/mol. The Bertz CT molecular complexity index is 910. The fourth-order valence-electron chi connectivity index (χ4n) is 1.75. The largest absolute Gasteiger partial charge is 0.280 e. The molecule has 0 atom stereocenters. The summed E-state index contributed by atoms with van der Waals surface area (Å²) in [5.74, 6) is -0.505. The van der Waals surface area contributed by atoms with Crippen LogP contribution in [-0.2, 0) is 19.1 Å². The lowest BCUT2D eigenvalue weighted by molar-refractivity contribution is 0.600. The highest BCUT2D eigenvalue weighted by molar-refractivity contribution is 8.13. The topological polar surface area (TPSA) is 80.3 Å². The molecule has 2 rings (SSSR count). The first-order valence-corrected chi connectivity index (χ1v) is 9.72. The number of aryl methyl sites for hydroxylation is 1. The maximum Gasteiger partial charge on any atom is 0.262 e. The Labute approximate surface area is 132 Å². The lowest BCUT2D eigenvalue weighted by Gasteiger charge is -2.11. The molecule has 5 nitrogen and oxygen atoms in total. The van der Waals surface area contributed by atoms with Crippen molar-refractivity contribution in [2.75, 3.05) is 4.72 Å².